The van der Waals surface area contributed by atoms with E-state index in [1.54, 1.807) is 0 Å². The van der Waals surface area contributed by atoms with Crippen molar-refractivity contribution in [3.05, 3.63) is 170 Å². The summed E-state index contributed by atoms with van der Waals surface area (Å²) in [6.07, 6.45) is 0. The molecule has 0 unspecified atom stereocenters. The number of rotatable bonds is 7. The van der Waals surface area contributed by atoms with Crippen molar-refractivity contribution in [2.45, 2.75) is 0 Å². The highest BCUT2D eigenvalue weighted by Crippen LogP contribution is 2.23. The second-order valence-corrected chi connectivity index (χ2v) is 13.3. The lowest BCUT2D eigenvalue weighted by Gasteiger charge is -2.34. The van der Waals surface area contributed by atoms with Crippen LogP contribution >= 0.6 is 0 Å². The van der Waals surface area contributed by atoms with E-state index < -0.39 is 8.07 Å². The Kier molecular flexibility index (Phi) is 6.71. The summed E-state index contributed by atoms with van der Waals surface area (Å²) in [6, 6.07) is 61.3. The van der Waals surface area contributed by atoms with Crippen LogP contribution in [0.3, 0.4) is 0 Å². The van der Waals surface area contributed by atoms with E-state index in [-0.39, 0.29) is 0 Å². The lowest BCUT2D eigenvalue weighted by molar-refractivity contribution is 1.55. The zero-order chi connectivity index (χ0) is 25.6. The molecule has 0 aliphatic heterocycles. The Morgan fingerprint density at radius 2 is 0.737 bits per heavy atom. The van der Waals surface area contributed by atoms with E-state index in [1.165, 1.54) is 31.9 Å². The number of hydrogen-bond donors (Lipinski definition) is 1. The van der Waals surface area contributed by atoms with Crippen LogP contribution < -0.4 is 26.1 Å². The van der Waals surface area contributed by atoms with Crippen LogP contribution in [-0.2, 0) is 0 Å². The van der Waals surface area contributed by atoms with Gasteiger partial charge in [-0.15, -0.1) is 0 Å². The fourth-order valence-electron chi connectivity index (χ4n) is 5.44. The first-order chi connectivity index (χ1) is 18.8. The molecule has 1 N–H and O–H groups in total. The van der Waals surface area contributed by atoms with Crippen molar-refractivity contribution < 1.29 is 0 Å². The van der Waals surface area contributed by atoms with Gasteiger partial charge in [0.1, 0.15) is 0 Å². The Labute approximate surface area is 226 Å². The van der Waals surface area contributed by atoms with Crippen LogP contribution in [0.4, 0.5) is 11.4 Å². The van der Waals surface area contributed by atoms with Gasteiger partial charge in [0, 0.05) is 11.4 Å². The van der Waals surface area contributed by atoms with Gasteiger partial charge in [0.25, 0.3) is 0 Å². The first kappa shape index (κ1) is 23.7. The van der Waals surface area contributed by atoms with E-state index >= 15 is 0 Å². The summed E-state index contributed by atoms with van der Waals surface area (Å²) < 4.78 is 0. The van der Waals surface area contributed by atoms with Gasteiger partial charge in [-0.2, -0.15) is 0 Å². The molecule has 2 heteroatoms. The summed E-state index contributed by atoms with van der Waals surface area (Å²) in [7, 11) is -2.54. The van der Waals surface area contributed by atoms with E-state index in [2.05, 4.69) is 175 Å². The zero-order valence-electron chi connectivity index (χ0n) is 21.2. The highest BCUT2D eigenvalue weighted by atomic mass is 28.3. The van der Waals surface area contributed by atoms with E-state index in [0.717, 1.165) is 11.4 Å². The average molecular weight is 504 g/mol. The molecule has 0 aliphatic rings. The van der Waals surface area contributed by atoms with Crippen LogP contribution in [0.5, 0.6) is 0 Å². The smallest absolute Gasteiger partial charge is 0.179 e. The van der Waals surface area contributed by atoms with Gasteiger partial charge in [-0.3, -0.25) is 0 Å². The molecule has 0 saturated carbocycles. The molecule has 0 aromatic heterocycles. The monoisotopic (exact) mass is 503 g/mol. The van der Waals surface area contributed by atoms with Crippen LogP contribution in [0.2, 0.25) is 0 Å². The zero-order valence-corrected chi connectivity index (χ0v) is 22.2. The topological polar surface area (TPSA) is 12.0 Å². The van der Waals surface area contributed by atoms with Crippen molar-refractivity contribution in [3.8, 4) is 11.1 Å². The van der Waals surface area contributed by atoms with Gasteiger partial charge < -0.3 is 5.32 Å². The van der Waals surface area contributed by atoms with Gasteiger partial charge in [0.05, 0.1) is 0 Å². The maximum atomic E-state index is 3.67. The Balaban J connectivity index is 1.45. The molecule has 0 amide bonds. The van der Waals surface area contributed by atoms with Gasteiger partial charge in [-0.25, -0.2) is 0 Å². The molecule has 0 bridgehead atoms. The Morgan fingerprint density at radius 3 is 1.24 bits per heavy atom. The van der Waals surface area contributed by atoms with Gasteiger partial charge in [0.2, 0.25) is 0 Å². The molecule has 6 rings (SSSR count). The summed E-state index contributed by atoms with van der Waals surface area (Å²) in [4.78, 5) is 0. The summed E-state index contributed by atoms with van der Waals surface area (Å²) in [5.74, 6) is 0. The SMILES string of the molecule is c1ccc(-c2ccc(Nc3cccc([Si](c4ccccc4)(c4ccccc4)c4ccccc4)c3)cc2)cc1. The third-order valence-electron chi connectivity index (χ3n) is 7.20. The molecule has 0 fully saturated rings. The van der Waals surface area contributed by atoms with Crippen LogP contribution in [0, 0.1) is 0 Å². The van der Waals surface area contributed by atoms with Crippen LogP contribution in [0.15, 0.2) is 170 Å². The Morgan fingerprint density at radius 1 is 0.316 bits per heavy atom. The molecule has 0 spiro atoms. The van der Waals surface area contributed by atoms with E-state index in [9.17, 15) is 0 Å². The molecule has 0 atom stereocenters. The fourth-order valence-corrected chi connectivity index (χ4v) is 10.2. The molecule has 6 aromatic rings. The minimum atomic E-state index is -2.54. The van der Waals surface area contributed by atoms with Gasteiger partial charge in [0.15, 0.2) is 8.07 Å². The predicted octanol–water partition coefficient (Wildman–Crippen LogP) is 6.47. The first-order valence-electron chi connectivity index (χ1n) is 13.0. The summed E-state index contributed by atoms with van der Waals surface area (Å²) in [5, 5.41) is 9.16. The number of benzene rings is 6. The molecule has 38 heavy (non-hydrogen) atoms. The Hall–Kier alpha value is -4.66. The molecular weight excluding hydrogens is 474 g/mol. The van der Waals surface area contributed by atoms with Crippen molar-refractivity contribution in [1.29, 1.82) is 0 Å². The van der Waals surface area contributed by atoms with Crippen LogP contribution in [-0.4, -0.2) is 8.07 Å². The maximum Gasteiger partial charge on any atom is 0.179 e. The highest BCUT2D eigenvalue weighted by molar-refractivity contribution is 7.19. The summed E-state index contributed by atoms with van der Waals surface area (Å²) in [5.41, 5.74) is 4.61. The molecule has 0 radical (unpaired) electrons. The lowest BCUT2D eigenvalue weighted by Crippen LogP contribution is -2.74. The van der Waals surface area contributed by atoms with Crippen molar-refractivity contribution in [1.82, 2.24) is 0 Å². The van der Waals surface area contributed by atoms with Crippen molar-refractivity contribution in [2.75, 3.05) is 5.32 Å². The van der Waals surface area contributed by atoms with Gasteiger partial charge in [-0.1, -0.05) is 146 Å². The van der Waals surface area contributed by atoms with Crippen molar-refractivity contribution in [2.24, 2.45) is 0 Å². The average Bonchev–Trinajstić information content (AvgIpc) is 3.00. The minimum absolute atomic E-state index is 1.08. The maximum absolute atomic E-state index is 3.67. The number of anilines is 2. The molecule has 0 saturated heterocycles. The van der Waals surface area contributed by atoms with Crippen molar-refractivity contribution >= 4 is 40.2 Å². The fraction of sp³-hybridized carbons (Fsp3) is 0. The van der Waals surface area contributed by atoms with E-state index in [1.807, 2.05) is 0 Å². The molecule has 6 aromatic carbocycles. The molecule has 182 valence electrons. The van der Waals surface area contributed by atoms with E-state index in [4.69, 9.17) is 0 Å². The van der Waals surface area contributed by atoms with E-state index in [0.29, 0.717) is 0 Å². The minimum Gasteiger partial charge on any atom is -0.356 e. The Bertz CT molecular complexity index is 1500. The van der Waals surface area contributed by atoms with Crippen LogP contribution in [0.25, 0.3) is 11.1 Å². The highest BCUT2D eigenvalue weighted by Gasteiger charge is 2.41. The van der Waals surface area contributed by atoms with Gasteiger partial charge in [-0.05, 0) is 56.1 Å². The lowest BCUT2D eigenvalue weighted by atomic mass is 10.1. The third-order valence-corrected chi connectivity index (χ3v) is 12.0. The predicted molar refractivity (Wildman–Crippen MR) is 165 cm³/mol. The second-order valence-electron chi connectivity index (χ2n) is 9.50. The quantitative estimate of drug-likeness (QED) is 0.194. The number of hydrogen-bond acceptors (Lipinski definition) is 1. The normalized spacial score (nSPS) is 11.2. The summed E-state index contributed by atoms with van der Waals surface area (Å²) >= 11 is 0. The van der Waals surface area contributed by atoms with Crippen molar-refractivity contribution in [3.63, 3.8) is 0 Å². The molecule has 1 nitrogen and oxygen atoms in total. The standard InChI is InChI=1S/C36H29NSi/c1-5-14-29(15-6-1)30-24-26-31(27-25-30)37-32-16-13-23-36(28-32)38(33-17-7-2-8-18-33,34-19-9-3-10-20-34)35-21-11-4-12-22-35/h1-28,37H. The number of nitrogens with one attached hydrogen (secondary N) is 1. The summed E-state index contributed by atoms with van der Waals surface area (Å²) in [6.45, 7) is 0. The second kappa shape index (κ2) is 10.8. The third kappa shape index (κ3) is 4.58. The largest absolute Gasteiger partial charge is 0.356 e. The van der Waals surface area contributed by atoms with Crippen LogP contribution in [0.1, 0.15) is 0 Å². The first-order valence-corrected chi connectivity index (χ1v) is 15.0. The molecule has 0 aliphatic carbocycles. The molecule has 0 heterocycles. The molecular formula is C36H29NSi. The van der Waals surface area contributed by atoms with Gasteiger partial charge >= 0.3 is 0 Å².